The average molecular weight is 396 g/mol. The summed E-state index contributed by atoms with van der Waals surface area (Å²) in [5.41, 5.74) is 0.964. The number of morpholine rings is 1. The highest BCUT2D eigenvalue weighted by Gasteiger charge is 2.20. The number of carbonyl (C=O) groups is 1. The number of benzene rings is 1. The molecule has 1 aliphatic rings. The molecule has 0 radical (unpaired) electrons. The molecule has 1 N–H and O–H groups in total. The highest BCUT2D eigenvalue weighted by molar-refractivity contribution is 5.76. The highest BCUT2D eigenvalue weighted by Crippen LogP contribution is 2.22. The monoisotopic (exact) mass is 396 g/mol. The van der Waals surface area contributed by atoms with Crippen molar-refractivity contribution in [1.29, 1.82) is 0 Å². The summed E-state index contributed by atoms with van der Waals surface area (Å²) in [4.78, 5) is 14.9. The number of tetrazole rings is 1. The second-order valence-electron chi connectivity index (χ2n) is 6.88. The predicted molar refractivity (Wildman–Crippen MR) is 104 cm³/mol. The number of carbonyl (C=O) groups excluding carboxylic acids is 1. The van der Waals surface area contributed by atoms with Crippen LogP contribution in [-0.2, 0) is 22.6 Å². The standard InChI is InChI=1S/C20H24N6O3/c27-19(21-20(17-7-4-12-29-17)16-5-2-1-3-6-16)8-9-26-18(22-23-24-26)15-25-10-13-28-14-11-25/h1-7,12,20H,8-11,13-15H2,(H,21,27)/t20-/m0/s1. The molecule has 0 spiro atoms. The molecule has 1 aromatic carbocycles. The van der Waals surface area contributed by atoms with Gasteiger partial charge >= 0.3 is 0 Å². The van der Waals surface area contributed by atoms with Crippen LogP contribution < -0.4 is 5.32 Å². The summed E-state index contributed by atoms with van der Waals surface area (Å²) >= 11 is 0. The Morgan fingerprint density at radius 1 is 1.14 bits per heavy atom. The van der Waals surface area contributed by atoms with Gasteiger partial charge in [0.2, 0.25) is 5.91 Å². The largest absolute Gasteiger partial charge is 0.467 e. The fourth-order valence-corrected chi connectivity index (χ4v) is 3.33. The first kappa shape index (κ1) is 19.3. The molecular weight excluding hydrogens is 372 g/mol. The minimum Gasteiger partial charge on any atom is -0.467 e. The van der Waals surface area contributed by atoms with Crippen LogP contribution in [-0.4, -0.2) is 57.3 Å². The molecule has 3 heterocycles. The van der Waals surface area contributed by atoms with Crippen molar-refractivity contribution >= 4 is 5.91 Å². The Labute approximate surface area is 168 Å². The zero-order chi connectivity index (χ0) is 19.9. The first-order chi connectivity index (χ1) is 14.3. The fourth-order valence-electron chi connectivity index (χ4n) is 3.33. The molecule has 0 unspecified atom stereocenters. The Hall–Kier alpha value is -3.04. The number of nitrogens with one attached hydrogen (secondary N) is 1. The normalized spacial score (nSPS) is 15.9. The van der Waals surface area contributed by atoms with Crippen LogP contribution in [0.4, 0.5) is 0 Å². The van der Waals surface area contributed by atoms with Gasteiger partial charge < -0.3 is 14.5 Å². The van der Waals surface area contributed by atoms with Crippen LogP contribution in [0.2, 0.25) is 0 Å². The summed E-state index contributed by atoms with van der Waals surface area (Å²) in [5, 5.41) is 15.0. The van der Waals surface area contributed by atoms with Gasteiger partial charge in [0.25, 0.3) is 0 Å². The van der Waals surface area contributed by atoms with Crippen LogP contribution in [0.5, 0.6) is 0 Å². The molecule has 0 bridgehead atoms. The maximum Gasteiger partial charge on any atom is 0.222 e. The minimum absolute atomic E-state index is 0.0944. The van der Waals surface area contributed by atoms with Crippen molar-refractivity contribution in [2.75, 3.05) is 26.3 Å². The van der Waals surface area contributed by atoms with Crippen molar-refractivity contribution in [3.05, 3.63) is 65.9 Å². The Bertz CT molecular complexity index is 890. The third-order valence-electron chi connectivity index (χ3n) is 4.89. The quantitative estimate of drug-likeness (QED) is 0.614. The Morgan fingerprint density at radius 2 is 1.97 bits per heavy atom. The van der Waals surface area contributed by atoms with Crippen molar-refractivity contribution in [3.63, 3.8) is 0 Å². The zero-order valence-corrected chi connectivity index (χ0v) is 16.1. The van der Waals surface area contributed by atoms with E-state index in [4.69, 9.17) is 9.15 Å². The number of rotatable bonds is 8. The van der Waals surface area contributed by atoms with Gasteiger partial charge in [0, 0.05) is 19.5 Å². The number of furan rings is 1. The van der Waals surface area contributed by atoms with Crippen LogP contribution in [0, 0.1) is 0 Å². The van der Waals surface area contributed by atoms with E-state index in [1.165, 1.54) is 0 Å². The molecule has 1 saturated heterocycles. The van der Waals surface area contributed by atoms with Crippen molar-refractivity contribution < 1.29 is 13.9 Å². The number of aryl methyl sites for hydroxylation is 1. The van der Waals surface area contributed by atoms with Gasteiger partial charge in [-0.3, -0.25) is 9.69 Å². The molecule has 29 heavy (non-hydrogen) atoms. The van der Waals surface area contributed by atoms with Crippen LogP contribution in [0.3, 0.4) is 0 Å². The van der Waals surface area contributed by atoms with E-state index in [2.05, 4.69) is 25.7 Å². The number of hydrogen-bond acceptors (Lipinski definition) is 7. The van der Waals surface area contributed by atoms with Crippen LogP contribution >= 0.6 is 0 Å². The van der Waals surface area contributed by atoms with Gasteiger partial charge in [0.1, 0.15) is 11.8 Å². The summed E-state index contributed by atoms with van der Waals surface area (Å²) in [6.07, 6.45) is 1.88. The molecule has 1 atom stereocenters. The maximum absolute atomic E-state index is 12.7. The topological polar surface area (TPSA) is 98.3 Å². The Balaban J connectivity index is 1.36. The minimum atomic E-state index is -0.333. The van der Waals surface area contributed by atoms with Crippen molar-refractivity contribution in [2.24, 2.45) is 0 Å². The van der Waals surface area contributed by atoms with Gasteiger partial charge in [-0.25, -0.2) is 4.68 Å². The van der Waals surface area contributed by atoms with E-state index in [-0.39, 0.29) is 18.4 Å². The maximum atomic E-state index is 12.7. The third-order valence-corrected chi connectivity index (χ3v) is 4.89. The molecule has 1 fully saturated rings. The highest BCUT2D eigenvalue weighted by atomic mass is 16.5. The van der Waals surface area contributed by atoms with E-state index in [1.807, 2.05) is 42.5 Å². The lowest BCUT2D eigenvalue weighted by molar-refractivity contribution is -0.122. The predicted octanol–water partition coefficient (Wildman–Crippen LogP) is 1.39. The molecule has 2 aromatic heterocycles. The van der Waals surface area contributed by atoms with Crippen molar-refractivity contribution in [2.45, 2.75) is 25.6 Å². The summed E-state index contributed by atoms with van der Waals surface area (Å²) in [6, 6.07) is 13.1. The van der Waals surface area contributed by atoms with Gasteiger partial charge in [-0.05, 0) is 28.1 Å². The van der Waals surface area contributed by atoms with E-state index in [9.17, 15) is 4.79 Å². The summed E-state index contributed by atoms with van der Waals surface area (Å²) < 4.78 is 12.6. The Morgan fingerprint density at radius 3 is 2.72 bits per heavy atom. The summed E-state index contributed by atoms with van der Waals surface area (Å²) in [6.45, 7) is 4.22. The molecule has 0 saturated carbocycles. The van der Waals surface area contributed by atoms with Crippen LogP contribution in [0.1, 0.15) is 29.6 Å². The van der Waals surface area contributed by atoms with E-state index < -0.39 is 0 Å². The van der Waals surface area contributed by atoms with Gasteiger partial charge in [-0.15, -0.1) is 5.10 Å². The second kappa shape index (κ2) is 9.44. The lowest BCUT2D eigenvalue weighted by Gasteiger charge is -2.25. The lowest BCUT2D eigenvalue weighted by Crippen LogP contribution is -2.36. The molecule has 1 amide bonds. The van der Waals surface area contributed by atoms with E-state index >= 15 is 0 Å². The number of ether oxygens (including phenoxy) is 1. The smallest absolute Gasteiger partial charge is 0.222 e. The summed E-state index contributed by atoms with van der Waals surface area (Å²) in [5.74, 6) is 1.35. The van der Waals surface area contributed by atoms with Gasteiger partial charge in [0.15, 0.2) is 5.82 Å². The lowest BCUT2D eigenvalue weighted by atomic mass is 10.0. The van der Waals surface area contributed by atoms with Crippen molar-refractivity contribution in [1.82, 2.24) is 30.4 Å². The van der Waals surface area contributed by atoms with E-state index in [0.29, 0.717) is 18.8 Å². The van der Waals surface area contributed by atoms with Gasteiger partial charge in [0.05, 0.1) is 32.6 Å². The second-order valence-corrected chi connectivity index (χ2v) is 6.88. The van der Waals surface area contributed by atoms with Gasteiger partial charge in [-0.2, -0.15) is 0 Å². The summed E-state index contributed by atoms with van der Waals surface area (Å²) in [7, 11) is 0. The average Bonchev–Trinajstić information content (AvgIpc) is 3.44. The molecule has 1 aliphatic heterocycles. The molecule has 152 valence electrons. The molecule has 4 rings (SSSR count). The molecule has 3 aromatic rings. The molecule has 9 heteroatoms. The first-order valence-corrected chi connectivity index (χ1v) is 9.72. The third kappa shape index (κ3) is 5.07. The number of nitrogens with zero attached hydrogens (tertiary/aromatic N) is 5. The van der Waals surface area contributed by atoms with Crippen LogP contribution in [0.25, 0.3) is 0 Å². The van der Waals surface area contributed by atoms with Crippen molar-refractivity contribution in [3.8, 4) is 0 Å². The molecule has 0 aliphatic carbocycles. The van der Waals surface area contributed by atoms with E-state index in [0.717, 1.165) is 37.7 Å². The first-order valence-electron chi connectivity index (χ1n) is 9.72. The zero-order valence-electron chi connectivity index (χ0n) is 16.1. The van der Waals surface area contributed by atoms with Crippen LogP contribution in [0.15, 0.2) is 53.1 Å². The molecular formula is C20H24N6O3. The van der Waals surface area contributed by atoms with Gasteiger partial charge in [-0.1, -0.05) is 30.3 Å². The fraction of sp³-hybridized carbons (Fsp3) is 0.400. The SMILES string of the molecule is O=C(CCn1nnnc1CN1CCOCC1)N[C@@H](c1ccccc1)c1ccco1. The molecule has 9 nitrogen and oxygen atoms in total. The van der Waals surface area contributed by atoms with E-state index in [1.54, 1.807) is 10.9 Å². The number of hydrogen-bond donors (Lipinski definition) is 1. The number of aromatic nitrogens is 4. The Kier molecular flexibility index (Phi) is 6.28. The number of amides is 1.